The number of rotatable bonds is 8. The Hall–Kier alpha value is -1.35. The molecule has 112 valence electrons. The number of hydrogen-bond acceptors (Lipinski definition) is 2. The maximum absolute atomic E-state index is 11.9. The second-order valence-corrected chi connectivity index (χ2v) is 5.65. The van der Waals surface area contributed by atoms with Gasteiger partial charge < -0.3 is 11.1 Å². The van der Waals surface area contributed by atoms with Crippen LogP contribution in [0.25, 0.3) is 0 Å². The number of benzene rings is 1. The van der Waals surface area contributed by atoms with Gasteiger partial charge in [0.25, 0.3) is 0 Å². The molecule has 0 saturated carbocycles. The van der Waals surface area contributed by atoms with Gasteiger partial charge in [-0.2, -0.15) is 0 Å². The van der Waals surface area contributed by atoms with E-state index in [9.17, 15) is 4.79 Å². The highest BCUT2D eigenvalue weighted by atomic mass is 16.1. The summed E-state index contributed by atoms with van der Waals surface area (Å²) in [5, 5.41) is 3.08. The van der Waals surface area contributed by atoms with E-state index in [1.165, 1.54) is 5.56 Å². The highest BCUT2D eigenvalue weighted by molar-refractivity contribution is 5.76. The third-order valence-electron chi connectivity index (χ3n) is 4.19. The Balaban J connectivity index is 2.66. The molecule has 0 spiro atoms. The Kier molecular flexibility index (Phi) is 6.73. The molecule has 0 bridgehead atoms. The van der Waals surface area contributed by atoms with Crippen molar-refractivity contribution in [2.75, 3.05) is 6.54 Å². The number of nitrogens with two attached hydrogens (primary N) is 1. The second kappa shape index (κ2) is 8.05. The Labute approximate surface area is 122 Å². The largest absolute Gasteiger partial charge is 0.355 e. The van der Waals surface area contributed by atoms with Gasteiger partial charge in [-0.05, 0) is 31.7 Å². The molecule has 20 heavy (non-hydrogen) atoms. The van der Waals surface area contributed by atoms with Crippen molar-refractivity contribution in [3.8, 4) is 0 Å². The summed E-state index contributed by atoms with van der Waals surface area (Å²) in [6, 6.07) is 10.5. The van der Waals surface area contributed by atoms with Crippen LogP contribution in [-0.4, -0.2) is 18.5 Å². The third kappa shape index (κ3) is 4.64. The number of hydrogen-bond donors (Lipinski definition) is 2. The van der Waals surface area contributed by atoms with Gasteiger partial charge in [0.05, 0.1) is 0 Å². The van der Waals surface area contributed by atoms with Gasteiger partial charge >= 0.3 is 0 Å². The lowest BCUT2D eigenvalue weighted by molar-refractivity contribution is -0.121. The number of nitrogens with one attached hydrogen (secondary N) is 1. The molecule has 3 heteroatoms. The molecule has 0 heterocycles. The van der Waals surface area contributed by atoms with Crippen LogP contribution >= 0.6 is 0 Å². The van der Waals surface area contributed by atoms with Crippen LogP contribution in [0.4, 0.5) is 0 Å². The first-order valence-corrected chi connectivity index (χ1v) is 7.62. The van der Waals surface area contributed by atoms with Gasteiger partial charge in [-0.3, -0.25) is 4.79 Å². The third-order valence-corrected chi connectivity index (χ3v) is 4.19. The smallest absolute Gasteiger partial charge is 0.220 e. The molecule has 0 aliphatic carbocycles. The van der Waals surface area contributed by atoms with Crippen molar-refractivity contribution in [3.05, 3.63) is 35.9 Å². The summed E-state index contributed by atoms with van der Waals surface area (Å²) in [7, 11) is 0. The standard InChI is InChI=1S/C17H28N2O/c1-4-17(5-2,15-9-7-6-8-10-15)13-19-16(20)12-11-14(3)18/h6-10,14H,4-5,11-13,18H2,1-3H3,(H,19,20). The Morgan fingerprint density at radius 2 is 1.85 bits per heavy atom. The second-order valence-electron chi connectivity index (χ2n) is 5.65. The van der Waals surface area contributed by atoms with Gasteiger partial charge in [0, 0.05) is 24.4 Å². The monoisotopic (exact) mass is 276 g/mol. The van der Waals surface area contributed by atoms with Crippen molar-refractivity contribution >= 4 is 5.91 Å². The number of carbonyl (C=O) groups is 1. The predicted octanol–water partition coefficient (Wildman–Crippen LogP) is 2.99. The fourth-order valence-electron chi connectivity index (χ4n) is 2.52. The lowest BCUT2D eigenvalue weighted by Crippen LogP contribution is -2.40. The van der Waals surface area contributed by atoms with Crippen molar-refractivity contribution in [3.63, 3.8) is 0 Å². The van der Waals surface area contributed by atoms with E-state index in [-0.39, 0.29) is 17.4 Å². The van der Waals surface area contributed by atoms with Crippen molar-refractivity contribution in [1.29, 1.82) is 0 Å². The van der Waals surface area contributed by atoms with Crippen LogP contribution in [0.15, 0.2) is 30.3 Å². The Bertz CT molecular complexity index is 397. The highest BCUT2D eigenvalue weighted by Gasteiger charge is 2.28. The van der Waals surface area contributed by atoms with Gasteiger partial charge in [-0.15, -0.1) is 0 Å². The minimum absolute atomic E-state index is 0.0330. The topological polar surface area (TPSA) is 55.1 Å². The first kappa shape index (κ1) is 16.7. The normalized spacial score (nSPS) is 13.0. The van der Waals surface area contributed by atoms with E-state index in [4.69, 9.17) is 5.73 Å². The molecule has 0 saturated heterocycles. The summed E-state index contributed by atoms with van der Waals surface area (Å²) in [4.78, 5) is 11.9. The molecule has 1 aromatic rings. The van der Waals surface area contributed by atoms with Crippen LogP contribution in [0, 0.1) is 0 Å². The maximum atomic E-state index is 11.9. The van der Waals surface area contributed by atoms with Gasteiger partial charge in [0.2, 0.25) is 5.91 Å². The van der Waals surface area contributed by atoms with E-state index in [2.05, 4.69) is 43.4 Å². The van der Waals surface area contributed by atoms with Crippen molar-refractivity contribution < 1.29 is 4.79 Å². The van der Waals surface area contributed by atoms with E-state index < -0.39 is 0 Å². The molecule has 1 amide bonds. The van der Waals surface area contributed by atoms with Gasteiger partial charge in [-0.1, -0.05) is 44.2 Å². The molecule has 1 aromatic carbocycles. The molecule has 0 radical (unpaired) electrons. The fourth-order valence-corrected chi connectivity index (χ4v) is 2.52. The fraction of sp³-hybridized carbons (Fsp3) is 0.588. The van der Waals surface area contributed by atoms with Crippen molar-refractivity contribution in [1.82, 2.24) is 5.32 Å². The van der Waals surface area contributed by atoms with E-state index in [0.717, 1.165) is 19.3 Å². The Morgan fingerprint density at radius 1 is 1.25 bits per heavy atom. The van der Waals surface area contributed by atoms with E-state index in [0.29, 0.717) is 13.0 Å². The zero-order chi connectivity index (χ0) is 15.0. The SMILES string of the molecule is CCC(CC)(CNC(=O)CCC(C)N)c1ccccc1. The summed E-state index contributed by atoms with van der Waals surface area (Å²) in [6.45, 7) is 7.00. The summed E-state index contributed by atoms with van der Waals surface area (Å²) < 4.78 is 0. The Morgan fingerprint density at radius 3 is 2.35 bits per heavy atom. The molecule has 1 rings (SSSR count). The zero-order valence-corrected chi connectivity index (χ0v) is 13.0. The molecule has 1 unspecified atom stereocenters. The molecule has 0 aliphatic heterocycles. The van der Waals surface area contributed by atoms with E-state index in [1.54, 1.807) is 0 Å². The minimum Gasteiger partial charge on any atom is -0.355 e. The molecule has 0 fully saturated rings. The molecule has 3 nitrogen and oxygen atoms in total. The summed E-state index contributed by atoms with van der Waals surface area (Å²) in [5.74, 6) is 0.101. The summed E-state index contributed by atoms with van der Waals surface area (Å²) in [6.07, 6.45) is 3.28. The highest BCUT2D eigenvalue weighted by Crippen LogP contribution is 2.30. The molecule has 3 N–H and O–H groups in total. The van der Waals surface area contributed by atoms with Crippen molar-refractivity contribution in [2.24, 2.45) is 5.73 Å². The number of carbonyl (C=O) groups excluding carboxylic acids is 1. The van der Waals surface area contributed by atoms with Crippen LogP contribution in [0.2, 0.25) is 0 Å². The zero-order valence-electron chi connectivity index (χ0n) is 13.0. The average Bonchev–Trinajstić information content (AvgIpc) is 2.48. The van der Waals surface area contributed by atoms with Crippen LogP contribution in [0.5, 0.6) is 0 Å². The van der Waals surface area contributed by atoms with Crippen LogP contribution in [0.3, 0.4) is 0 Å². The quantitative estimate of drug-likeness (QED) is 0.767. The molecule has 1 atom stereocenters. The van der Waals surface area contributed by atoms with E-state index in [1.807, 2.05) is 13.0 Å². The van der Waals surface area contributed by atoms with Gasteiger partial charge in [0.15, 0.2) is 0 Å². The molecule has 0 aromatic heterocycles. The first-order chi connectivity index (χ1) is 9.54. The van der Waals surface area contributed by atoms with Crippen LogP contribution in [-0.2, 0) is 10.2 Å². The van der Waals surface area contributed by atoms with Crippen molar-refractivity contribution in [2.45, 2.75) is 57.9 Å². The van der Waals surface area contributed by atoms with Gasteiger partial charge in [-0.25, -0.2) is 0 Å². The van der Waals surface area contributed by atoms with Crippen LogP contribution in [0.1, 0.15) is 52.0 Å². The summed E-state index contributed by atoms with van der Waals surface area (Å²) >= 11 is 0. The predicted molar refractivity (Wildman–Crippen MR) is 84.6 cm³/mol. The average molecular weight is 276 g/mol. The summed E-state index contributed by atoms with van der Waals surface area (Å²) in [5.41, 5.74) is 7.02. The van der Waals surface area contributed by atoms with Crippen LogP contribution < -0.4 is 11.1 Å². The lowest BCUT2D eigenvalue weighted by atomic mass is 9.76. The first-order valence-electron chi connectivity index (χ1n) is 7.62. The molecule has 0 aliphatic rings. The maximum Gasteiger partial charge on any atom is 0.220 e. The van der Waals surface area contributed by atoms with E-state index >= 15 is 0 Å². The lowest BCUT2D eigenvalue weighted by Gasteiger charge is -2.32. The molecular formula is C17H28N2O. The van der Waals surface area contributed by atoms with Gasteiger partial charge in [0.1, 0.15) is 0 Å². The number of amides is 1. The minimum atomic E-state index is 0.0330. The molecular weight excluding hydrogens is 248 g/mol.